The second-order valence-corrected chi connectivity index (χ2v) is 6.15. The van der Waals surface area contributed by atoms with Gasteiger partial charge in [-0.2, -0.15) is 0 Å². The molecule has 10 heavy (non-hydrogen) atoms. The Balaban J connectivity index is 0. The predicted octanol–water partition coefficient (Wildman–Crippen LogP) is -2.20. The Hall–Kier alpha value is 0.457. The molecule has 0 saturated heterocycles. The Bertz CT molecular complexity index is 183. The second-order valence-electron chi connectivity index (χ2n) is 2.54. The summed E-state index contributed by atoms with van der Waals surface area (Å²) in [6, 6.07) is 3.60. The first-order valence-corrected chi connectivity index (χ1v) is 5.82. The molecule has 0 bridgehead atoms. The zero-order valence-electron chi connectivity index (χ0n) is 7.59. The van der Waals surface area contributed by atoms with E-state index >= 15 is 0 Å². The van der Waals surface area contributed by atoms with Crippen molar-refractivity contribution in [2.24, 2.45) is 0 Å². The summed E-state index contributed by atoms with van der Waals surface area (Å²) in [6.45, 7) is 3.65. The van der Waals surface area contributed by atoms with Gasteiger partial charge in [0.25, 0.3) is 8.32 Å². The van der Waals surface area contributed by atoms with E-state index in [0.29, 0.717) is 0 Å². The van der Waals surface area contributed by atoms with E-state index in [-0.39, 0.29) is 31.0 Å². The zero-order valence-corrected chi connectivity index (χ0v) is 9.59. The molecular formula is C6H11NaO2Si. The third-order valence-electron chi connectivity index (χ3n) is 1.12. The van der Waals surface area contributed by atoms with Crippen molar-refractivity contribution in [3.63, 3.8) is 0 Å². The SMILES string of the molecule is C[Si](C)(O)c1ccco1.[H-].[Na+]. The predicted molar refractivity (Wildman–Crippen MR) is 39.2 cm³/mol. The Morgan fingerprint density at radius 3 is 2.40 bits per heavy atom. The quantitative estimate of drug-likeness (QED) is 0.480. The maximum absolute atomic E-state index is 9.42. The molecule has 1 heterocycles. The van der Waals surface area contributed by atoms with E-state index in [9.17, 15) is 4.80 Å². The molecule has 1 rings (SSSR count). The van der Waals surface area contributed by atoms with Gasteiger partial charge in [0.2, 0.25) is 0 Å². The molecule has 0 radical (unpaired) electrons. The van der Waals surface area contributed by atoms with Crippen LogP contribution in [0.3, 0.4) is 0 Å². The van der Waals surface area contributed by atoms with Crippen LogP contribution in [-0.2, 0) is 0 Å². The first kappa shape index (κ1) is 10.5. The molecule has 0 aliphatic heterocycles. The van der Waals surface area contributed by atoms with Gasteiger partial charge in [0.05, 0.1) is 6.26 Å². The molecule has 0 fully saturated rings. The maximum atomic E-state index is 9.42. The van der Waals surface area contributed by atoms with Gasteiger partial charge in [0, 0.05) is 0 Å². The molecule has 0 aromatic carbocycles. The third-order valence-corrected chi connectivity index (χ3v) is 2.61. The fraction of sp³-hybridized carbons (Fsp3) is 0.333. The van der Waals surface area contributed by atoms with Crippen LogP contribution < -0.4 is 34.9 Å². The van der Waals surface area contributed by atoms with Crippen molar-refractivity contribution in [2.75, 3.05) is 0 Å². The van der Waals surface area contributed by atoms with Crippen LogP contribution in [0, 0.1) is 0 Å². The normalized spacial score (nSPS) is 10.7. The zero-order chi connectivity index (χ0) is 6.91. The van der Waals surface area contributed by atoms with Crippen molar-refractivity contribution < 1.29 is 40.2 Å². The molecule has 0 amide bonds. The second kappa shape index (κ2) is 3.73. The van der Waals surface area contributed by atoms with Crippen LogP contribution in [0.5, 0.6) is 0 Å². The van der Waals surface area contributed by atoms with E-state index in [1.54, 1.807) is 12.3 Å². The first-order chi connectivity index (χ1) is 4.11. The number of hydrogen-bond donors (Lipinski definition) is 1. The summed E-state index contributed by atoms with van der Waals surface area (Å²) >= 11 is 0. The minimum Gasteiger partial charge on any atom is -1.00 e. The fourth-order valence-corrected chi connectivity index (χ4v) is 1.49. The summed E-state index contributed by atoms with van der Waals surface area (Å²) in [5.41, 5.74) is 0. The smallest absolute Gasteiger partial charge is 1.00 e. The van der Waals surface area contributed by atoms with Crippen LogP contribution in [0.4, 0.5) is 0 Å². The molecule has 0 unspecified atom stereocenters. The average molecular weight is 166 g/mol. The van der Waals surface area contributed by atoms with E-state index in [2.05, 4.69) is 0 Å². The van der Waals surface area contributed by atoms with Gasteiger partial charge in [0.1, 0.15) is 5.38 Å². The molecule has 0 aliphatic carbocycles. The largest absolute Gasteiger partial charge is 1.00 e. The summed E-state index contributed by atoms with van der Waals surface area (Å²) in [7, 11) is -2.15. The first-order valence-electron chi connectivity index (χ1n) is 2.87. The van der Waals surface area contributed by atoms with Crippen molar-refractivity contribution in [1.82, 2.24) is 0 Å². The van der Waals surface area contributed by atoms with Crippen LogP contribution >= 0.6 is 0 Å². The summed E-state index contributed by atoms with van der Waals surface area (Å²) < 4.78 is 5.01. The van der Waals surface area contributed by atoms with E-state index in [1.165, 1.54) is 0 Å². The van der Waals surface area contributed by atoms with Gasteiger partial charge < -0.3 is 10.6 Å². The topological polar surface area (TPSA) is 33.4 Å². The minimum absolute atomic E-state index is 0. The summed E-state index contributed by atoms with van der Waals surface area (Å²) in [6.07, 6.45) is 1.58. The van der Waals surface area contributed by atoms with E-state index in [4.69, 9.17) is 4.42 Å². The average Bonchev–Trinajstić information content (AvgIpc) is 2.08. The molecule has 4 heteroatoms. The van der Waals surface area contributed by atoms with Crippen molar-refractivity contribution in [2.45, 2.75) is 13.1 Å². The maximum Gasteiger partial charge on any atom is 1.00 e. The minimum atomic E-state index is -2.15. The third kappa shape index (κ3) is 2.60. The molecule has 1 aromatic heterocycles. The van der Waals surface area contributed by atoms with Crippen LogP contribution in [0.15, 0.2) is 22.8 Å². The standard InChI is InChI=1S/C6H10O2Si.Na.H/c1-9(2,7)6-4-3-5-8-6;;/h3-5,7H,1-2H3;;/q;+1;-1. The molecule has 0 aliphatic rings. The van der Waals surface area contributed by atoms with Gasteiger partial charge in [-0.3, -0.25) is 0 Å². The van der Waals surface area contributed by atoms with Gasteiger partial charge in [-0.25, -0.2) is 0 Å². The Morgan fingerprint density at radius 1 is 1.60 bits per heavy atom. The van der Waals surface area contributed by atoms with Crippen LogP contribution in [0.1, 0.15) is 1.43 Å². The van der Waals surface area contributed by atoms with Crippen molar-refractivity contribution in [3.05, 3.63) is 18.4 Å². The summed E-state index contributed by atoms with van der Waals surface area (Å²) in [4.78, 5) is 9.42. The van der Waals surface area contributed by atoms with E-state index in [1.807, 2.05) is 19.2 Å². The molecule has 0 saturated carbocycles. The van der Waals surface area contributed by atoms with Gasteiger partial charge in [-0.05, 0) is 25.2 Å². The molecular weight excluding hydrogens is 155 g/mol. The Morgan fingerprint density at radius 2 is 2.20 bits per heavy atom. The Kier molecular flexibility index (Phi) is 3.91. The molecule has 0 atom stereocenters. The number of hydrogen-bond acceptors (Lipinski definition) is 2. The van der Waals surface area contributed by atoms with Crippen LogP contribution in [0.2, 0.25) is 13.1 Å². The summed E-state index contributed by atoms with van der Waals surface area (Å²) in [5, 5.41) is 0.738. The van der Waals surface area contributed by atoms with E-state index < -0.39 is 8.32 Å². The molecule has 52 valence electrons. The van der Waals surface area contributed by atoms with Gasteiger partial charge in [0.15, 0.2) is 0 Å². The number of furan rings is 1. The fourth-order valence-electron chi connectivity index (χ4n) is 0.627. The van der Waals surface area contributed by atoms with Gasteiger partial charge >= 0.3 is 29.6 Å². The molecule has 1 N–H and O–H groups in total. The van der Waals surface area contributed by atoms with Crippen molar-refractivity contribution in [3.8, 4) is 0 Å². The molecule has 1 aromatic rings. The summed E-state index contributed by atoms with van der Waals surface area (Å²) in [5.74, 6) is 0. The molecule has 2 nitrogen and oxygen atoms in total. The van der Waals surface area contributed by atoms with Gasteiger partial charge in [-0.1, -0.05) is 0 Å². The van der Waals surface area contributed by atoms with Crippen molar-refractivity contribution >= 4 is 13.7 Å². The Labute approximate surface area is 85.2 Å². The van der Waals surface area contributed by atoms with Gasteiger partial charge in [-0.15, -0.1) is 0 Å². The van der Waals surface area contributed by atoms with E-state index in [0.717, 1.165) is 5.38 Å². The van der Waals surface area contributed by atoms with Crippen LogP contribution in [-0.4, -0.2) is 13.1 Å². The van der Waals surface area contributed by atoms with Crippen LogP contribution in [0.25, 0.3) is 0 Å². The van der Waals surface area contributed by atoms with Crippen molar-refractivity contribution in [1.29, 1.82) is 0 Å². The number of rotatable bonds is 1. The monoisotopic (exact) mass is 166 g/mol. The molecule has 0 spiro atoms.